The number of nitrogens with zero attached hydrogens (tertiary/aromatic N) is 2. The van der Waals surface area contributed by atoms with Crippen LogP contribution in [0.2, 0.25) is 0 Å². The fourth-order valence-electron chi connectivity index (χ4n) is 1.22. The van der Waals surface area contributed by atoms with Crippen molar-refractivity contribution in [3.8, 4) is 0 Å². The molecule has 1 rings (SSSR count). The molecule has 0 N–H and O–H groups in total. The first-order valence-corrected chi connectivity index (χ1v) is 5.56. The Labute approximate surface area is 79.4 Å². The lowest BCUT2D eigenvalue weighted by Crippen LogP contribution is -2.27. The number of aliphatic imine (C=N–C) groups is 1. The van der Waals surface area contributed by atoms with Crippen LogP contribution >= 0.6 is 11.8 Å². The maximum absolute atomic E-state index is 4.62. The molecule has 0 fully saturated rings. The highest BCUT2D eigenvalue weighted by Crippen LogP contribution is 2.27. The first-order valence-electron chi connectivity index (χ1n) is 4.68. The third-order valence-electron chi connectivity index (χ3n) is 2.32. The molecule has 2 atom stereocenters. The van der Waals surface area contributed by atoms with Gasteiger partial charge in [-0.25, -0.2) is 0 Å². The van der Waals surface area contributed by atoms with Gasteiger partial charge in [-0.1, -0.05) is 18.7 Å². The molecule has 0 aromatic rings. The molecule has 0 saturated carbocycles. The average Bonchev–Trinajstić information content (AvgIpc) is 2.35. The van der Waals surface area contributed by atoms with Crippen LogP contribution in [0.5, 0.6) is 0 Å². The van der Waals surface area contributed by atoms with E-state index >= 15 is 0 Å². The standard InChI is InChI=1S/C9H18N2S/c1-5-11(6-2)9-10-7(3)8(4)12-9/h7-8H,5-6H2,1-4H3/t7-,8-/m0/s1. The molecule has 0 aromatic heterocycles. The van der Waals surface area contributed by atoms with Gasteiger partial charge in [0.2, 0.25) is 0 Å². The van der Waals surface area contributed by atoms with E-state index in [-0.39, 0.29) is 0 Å². The zero-order valence-corrected chi connectivity index (χ0v) is 9.19. The van der Waals surface area contributed by atoms with Crippen LogP contribution in [0.4, 0.5) is 0 Å². The van der Waals surface area contributed by atoms with Crippen LogP contribution in [0, 0.1) is 0 Å². The molecule has 0 radical (unpaired) electrons. The molecular formula is C9H18N2S. The fraction of sp³-hybridized carbons (Fsp3) is 0.889. The van der Waals surface area contributed by atoms with Crippen LogP contribution < -0.4 is 0 Å². The third kappa shape index (κ3) is 1.94. The Morgan fingerprint density at radius 1 is 1.33 bits per heavy atom. The van der Waals surface area contributed by atoms with Crippen LogP contribution in [0.3, 0.4) is 0 Å². The predicted octanol–water partition coefficient (Wildman–Crippen LogP) is 2.21. The van der Waals surface area contributed by atoms with Crippen molar-refractivity contribution in [3.05, 3.63) is 0 Å². The van der Waals surface area contributed by atoms with Gasteiger partial charge in [-0.05, 0) is 20.8 Å². The van der Waals surface area contributed by atoms with Crippen LogP contribution in [0.1, 0.15) is 27.7 Å². The van der Waals surface area contributed by atoms with Crippen LogP contribution in [-0.4, -0.2) is 34.4 Å². The summed E-state index contributed by atoms with van der Waals surface area (Å²) in [6.45, 7) is 10.9. The van der Waals surface area contributed by atoms with Gasteiger partial charge in [0.15, 0.2) is 5.17 Å². The molecule has 3 heteroatoms. The van der Waals surface area contributed by atoms with Crippen molar-refractivity contribution in [2.24, 2.45) is 4.99 Å². The van der Waals surface area contributed by atoms with E-state index in [4.69, 9.17) is 0 Å². The lowest BCUT2D eigenvalue weighted by molar-refractivity contribution is 0.473. The highest BCUT2D eigenvalue weighted by Gasteiger charge is 2.24. The molecular weight excluding hydrogens is 168 g/mol. The van der Waals surface area contributed by atoms with Crippen molar-refractivity contribution in [1.82, 2.24) is 4.90 Å². The summed E-state index contributed by atoms with van der Waals surface area (Å²) in [7, 11) is 0. The maximum atomic E-state index is 4.62. The monoisotopic (exact) mass is 186 g/mol. The zero-order chi connectivity index (χ0) is 9.14. The molecule has 12 heavy (non-hydrogen) atoms. The van der Waals surface area contributed by atoms with Gasteiger partial charge in [0, 0.05) is 18.3 Å². The second-order valence-corrected chi connectivity index (χ2v) is 4.49. The minimum absolute atomic E-state index is 0.491. The minimum atomic E-state index is 0.491. The average molecular weight is 186 g/mol. The summed E-state index contributed by atoms with van der Waals surface area (Å²) in [6, 6.07) is 0.491. The van der Waals surface area contributed by atoms with Gasteiger partial charge in [-0.3, -0.25) is 4.99 Å². The van der Waals surface area contributed by atoms with Gasteiger partial charge in [0.05, 0.1) is 6.04 Å². The molecule has 70 valence electrons. The summed E-state index contributed by atoms with van der Waals surface area (Å²) in [5.41, 5.74) is 0. The highest BCUT2D eigenvalue weighted by atomic mass is 32.2. The molecule has 0 amide bonds. The predicted molar refractivity (Wildman–Crippen MR) is 56.9 cm³/mol. The molecule has 2 nitrogen and oxygen atoms in total. The zero-order valence-electron chi connectivity index (χ0n) is 8.37. The van der Waals surface area contributed by atoms with Gasteiger partial charge < -0.3 is 4.90 Å². The minimum Gasteiger partial charge on any atom is -0.352 e. The summed E-state index contributed by atoms with van der Waals surface area (Å²) in [6.07, 6.45) is 0. The SMILES string of the molecule is CCN(CC)C1=N[C@@H](C)[C@H](C)S1. The Balaban J connectivity index is 2.58. The summed E-state index contributed by atoms with van der Waals surface area (Å²) in [5.74, 6) is 0. The summed E-state index contributed by atoms with van der Waals surface area (Å²) in [5, 5.41) is 1.89. The van der Waals surface area contributed by atoms with E-state index in [0.717, 1.165) is 13.1 Å². The summed E-state index contributed by atoms with van der Waals surface area (Å²) < 4.78 is 0. The molecule has 0 aromatic carbocycles. The molecule has 0 aliphatic carbocycles. The highest BCUT2D eigenvalue weighted by molar-refractivity contribution is 8.14. The van der Waals surface area contributed by atoms with E-state index in [9.17, 15) is 0 Å². The molecule has 0 spiro atoms. The second-order valence-electron chi connectivity index (χ2n) is 3.15. The first-order chi connectivity index (χ1) is 5.69. The molecule has 0 saturated heterocycles. The topological polar surface area (TPSA) is 15.6 Å². The first kappa shape index (κ1) is 9.90. The summed E-state index contributed by atoms with van der Waals surface area (Å²) in [4.78, 5) is 6.94. The van der Waals surface area contributed by atoms with Crippen molar-refractivity contribution in [3.63, 3.8) is 0 Å². The van der Waals surface area contributed by atoms with Gasteiger partial charge in [0.1, 0.15) is 0 Å². The molecule has 0 bridgehead atoms. The van der Waals surface area contributed by atoms with Gasteiger partial charge in [-0.2, -0.15) is 0 Å². The van der Waals surface area contributed by atoms with E-state index in [0.29, 0.717) is 11.3 Å². The van der Waals surface area contributed by atoms with E-state index in [1.54, 1.807) is 0 Å². The Hall–Kier alpha value is -0.180. The van der Waals surface area contributed by atoms with Crippen molar-refractivity contribution in [1.29, 1.82) is 0 Å². The number of hydrogen-bond donors (Lipinski definition) is 0. The third-order valence-corrected chi connectivity index (χ3v) is 3.66. The van der Waals surface area contributed by atoms with Crippen molar-refractivity contribution >= 4 is 16.9 Å². The Morgan fingerprint density at radius 3 is 2.25 bits per heavy atom. The quantitative estimate of drug-likeness (QED) is 0.657. The molecule has 1 aliphatic rings. The molecule has 0 unspecified atom stereocenters. The maximum Gasteiger partial charge on any atom is 0.159 e. The Kier molecular flexibility index (Phi) is 3.44. The van der Waals surface area contributed by atoms with Crippen molar-refractivity contribution in [2.45, 2.75) is 39.0 Å². The molecule has 1 heterocycles. The van der Waals surface area contributed by atoms with E-state index in [2.05, 4.69) is 37.6 Å². The van der Waals surface area contributed by atoms with E-state index in [1.165, 1.54) is 5.17 Å². The number of rotatable bonds is 2. The normalized spacial score (nSPS) is 28.8. The lowest BCUT2D eigenvalue weighted by Gasteiger charge is -2.19. The Morgan fingerprint density at radius 2 is 1.92 bits per heavy atom. The van der Waals surface area contributed by atoms with Crippen LogP contribution in [0.15, 0.2) is 4.99 Å². The smallest absolute Gasteiger partial charge is 0.159 e. The van der Waals surface area contributed by atoms with E-state index in [1.807, 2.05) is 11.8 Å². The van der Waals surface area contributed by atoms with Crippen LogP contribution in [0.25, 0.3) is 0 Å². The van der Waals surface area contributed by atoms with Crippen LogP contribution in [-0.2, 0) is 0 Å². The van der Waals surface area contributed by atoms with Gasteiger partial charge >= 0.3 is 0 Å². The fourth-order valence-corrected chi connectivity index (χ4v) is 2.45. The molecule has 1 aliphatic heterocycles. The Bertz CT molecular complexity index is 175. The largest absolute Gasteiger partial charge is 0.352 e. The number of thioether (sulfide) groups is 1. The second kappa shape index (κ2) is 4.17. The van der Waals surface area contributed by atoms with E-state index < -0.39 is 0 Å². The summed E-state index contributed by atoms with van der Waals surface area (Å²) >= 11 is 1.91. The van der Waals surface area contributed by atoms with Crippen molar-refractivity contribution < 1.29 is 0 Å². The van der Waals surface area contributed by atoms with Gasteiger partial charge in [-0.15, -0.1) is 0 Å². The lowest BCUT2D eigenvalue weighted by atomic mass is 10.3. The van der Waals surface area contributed by atoms with Crippen molar-refractivity contribution in [2.75, 3.05) is 13.1 Å². The number of hydrogen-bond acceptors (Lipinski definition) is 3. The number of amidine groups is 1. The van der Waals surface area contributed by atoms with Gasteiger partial charge in [0.25, 0.3) is 0 Å².